The summed E-state index contributed by atoms with van der Waals surface area (Å²) in [7, 11) is 5.18. The van der Waals surface area contributed by atoms with E-state index < -0.39 is 0 Å². The summed E-state index contributed by atoms with van der Waals surface area (Å²) in [6.45, 7) is 2.28. The number of fused-ring (bicyclic) bond motifs is 1. The molecule has 1 fully saturated rings. The Morgan fingerprint density at radius 1 is 0.973 bits per heavy atom. The monoisotopic (exact) mass is 500 g/mol. The third kappa shape index (κ3) is 5.50. The summed E-state index contributed by atoms with van der Waals surface area (Å²) < 4.78 is 12.8. The summed E-state index contributed by atoms with van der Waals surface area (Å²) in [5, 5.41) is 4.26. The molecule has 9 heteroatoms. The second-order valence-corrected chi connectivity index (χ2v) is 9.24. The maximum atomic E-state index is 12.3. The molecule has 192 valence electrons. The molecule has 37 heavy (non-hydrogen) atoms. The Labute approximate surface area is 216 Å². The quantitative estimate of drug-likeness (QED) is 0.332. The molecule has 1 amide bonds. The van der Waals surface area contributed by atoms with Crippen molar-refractivity contribution in [3.63, 3.8) is 0 Å². The fraction of sp³-hybridized carbons (Fsp3) is 0.357. The molecule has 1 aliphatic rings. The van der Waals surface area contributed by atoms with Crippen molar-refractivity contribution >= 4 is 28.3 Å². The molecule has 0 unspecified atom stereocenters. The van der Waals surface area contributed by atoms with Crippen molar-refractivity contribution in [1.29, 1.82) is 0 Å². The highest BCUT2D eigenvalue weighted by molar-refractivity contribution is 5.83. The minimum Gasteiger partial charge on any atom is -0.497 e. The number of aryl methyl sites for hydroxylation is 1. The molecule has 9 nitrogen and oxygen atoms in total. The average molecular weight is 501 g/mol. The number of amides is 1. The Kier molecular flexibility index (Phi) is 7.20. The van der Waals surface area contributed by atoms with Gasteiger partial charge in [0.1, 0.15) is 11.5 Å². The molecule has 0 atom stereocenters. The average Bonchev–Trinajstić information content (AvgIpc) is 3.37. The maximum Gasteiger partial charge on any atom is 0.222 e. The molecule has 3 heterocycles. The summed E-state index contributed by atoms with van der Waals surface area (Å²) in [5.74, 6) is 1.68. The van der Waals surface area contributed by atoms with Crippen LogP contribution in [0.2, 0.25) is 0 Å². The van der Waals surface area contributed by atoms with E-state index in [0.717, 1.165) is 66.0 Å². The Bertz CT molecular complexity index is 1380. The predicted octanol–water partition coefficient (Wildman–Crippen LogP) is 4.59. The third-order valence-corrected chi connectivity index (χ3v) is 6.72. The van der Waals surface area contributed by atoms with Crippen LogP contribution in [0.4, 0.5) is 11.4 Å². The van der Waals surface area contributed by atoms with Gasteiger partial charge >= 0.3 is 0 Å². The fourth-order valence-corrected chi connectivity index (χ4v) is 4.73. The summed E-state index contributed by atoms with van der Waals surface area (Å²) in [4.78, 5) is 26.0. The SMILES string of the molecule is COc1cc(OC)cc(N(CCCN2CCCCC2=O)c2ccc3ncc(-c4cnn(C)c4)nc3c2)c1. The molecule has 1 aliphatic heterocycles. The molecule has 2 aromatic heterocycles. The van der Waals surface area contributed by atoms with Crippen LogP contribution in [-0.4, -0.2) is 64.4 Å². The van der Waals surface area contributed by atoms with Gasteiger partial charge in [0, 0.05) is 74.4 Å². The predicted molar refractivity (Wildman–Crippen MR) is 143 cm³/mol. The first-order valence-electron chi connectivity index (χ1n) is 12.6. The van der Waals surface area contributed by atoms with Crippen LogP contribution in [0, 0.1) is 0 Å². The van der Waals surface area contributed by atoms with Crippen molar-refractivity contribution < 1.29 is 14.3 Å². The number of piperidine rings is 1. The van der Waals surface area contributed by atoms with E-state index in [2.05, 4.69) is 27.1 Å². The van der Waals surface area contributed by atoms with Gasteiger partial charge in [0.25, 0.3) is 0 Å². The van der Waals surface area contributed by atoms with Gasteiger partial charge < -0.3 is 19.3 Å². The van der Waals surface area contributed by atoms with Gasteiger partial charge in [-0.15, -0.1) is 0 Å². The highest BCUT2D eigenvalue weighted by Crippen LogP contribution is 2.34. The van der Waals surface area contributed by atoms with E-state index in [0.29, 0.717) is 24.5 Å². The highest BCUT2D eigenvalue weighted by atomic mass is 16.5. The minimum atomic E-state index is 0.254. The van der Waals surface area contributed by atoms with Crippen molar-refractivity contribution in [3.8, 4) is 22.8 Å². The number of ether oxygens (including phenoxy) is 2. The second kappa shape index (κ2) is 10.9. The number of methoxy groups -OCH3 is 2. The smallest absolute Gasteiger partial charge is 0.222 e. The summed E-state index contributed by atoms with van der Waals surface area (Å²) >= 11 is 0. The van der Waals surface area contributed by atoms with E-state index in [1.165, 1.54) is 0 Å². The molecule has 5 rings (SSSR count). The number of nitrogens with zero attached hydrogens (tertiary/aromatic N) is 6. The Morgan fingerprint density at radius 3 is 2.49 bits per heavy atom. The summed E-state index contributed by atoms with van der Waals surface area (Å²) in [6, 6.07) is 12.0. The molecular weight excluding hydrogens is 468 g/mol. The van der Waals surface area contributed by atoms with Gasteiger partial charge in [-0.25, -0.2) is 4.98 Å². The fourth-order valence-electron chi connectivity index (χ4n) is 4.73. The number of aromatic nitrogens is 4. The van der Waals surface area contributed by atoms with Crippen LogP contribution in [0.25, 0.3) is 22.3 Å². The Morgan fingerprint density at radius 2 is 1.78 bits per heavy atom. The Balaban J connectivity index is 1.49. The zero-order valence-corrected chi connectivity index (χ0v) is 21.6. The molecule has 1 saturated heterocycles. The van der Waals surface area contributed by atoms with Gasteiger partial charge in [-0.05, 0) is 37.5 Å². The second-order valence-electron chi connectivity index (χ2n) is 9.24. The van der Waals surface area contributed by atoms with E-state index in [4.69, 9.17) is 14.5 Å². The van der Waals surface area contributed by atoms with Crippen LogP contribution in [-0.2, 0) is 11.8 Å². The molecule has 0 aliphatic carbocycles. The van der Waals surface area contributed by atoms with Gasteiger partial charge in [-0.2, -0.15) is 5.10 Å². The number of likely N-dealkylation sites (tertiary alicyclic amines) is 1. The molecule has 2 aromatic carbocycles. The van der Waals surface area contributed by atoms with Crippen LogP contribution in [0.15, 0.2) is 55.0 Å². The van der Waals surface area contributed by atoms with Crippen LogP contribution >= 0.6 is 0 Å². The van der Waals surface area contributed by atoms with E-state index in [1.807, 2.05) is 42.4 Å². The lowest BCUT2D eigenvalue weighted by Crippen LogP contribution is -2.37. The van der Waals surface area contributed by atoms with Gasteiger partial charge in [0.15, 0.2) is 0 Å². The largest absolute Gasteiger partial charge is 0.497 e. The lowest BCUT2D eigenvalue weighted by atomic mass is 10.1. The number of benzene rings is 2. The minimum absolute atomic E-state index is 0.254. The number of carbonyl (C=O) groups excluding carboxylic acids is 1. The normalized spacial score (nSPS) is 13.7. The van der Waals surface area contributed by atoms with E-state index >= 15 is 0 Å². The van der Waals surface area contributed by atoms with Crippen molar-refractivity contribution in [2.75, 3.05) is 38.8 Å². The topological polar surface area (TPSA) is 85.6 Å². The van der Waals surface area contributed by atoms with Gasteiger partial charge in [-0.1, -0.05) is 0 Å². The first kappa shape index (κ1) is 24.5. The van der Waals surface area contributed by atoms with Crippen LogP contribution in [0.3, 0.4) is 0 Å². The molecule has 0 N–H and O–H groups in total. The lowest BCUT2D eigenvalue weighted by Gasteiger charge is -2.30. The first-order valence-corrected chi connectivity index (χ1v) is 12.6. The number of hydrogen-bond donors (Lipinski definition) is 0. The molecule has 0 saturated carbocycles. The van der Waals surface area contributed by atoms with Crippen molar-refractivity contribution in [2.45, 2.75) is 25.7 Å². The highest BCUT2D eigenvalue weighted by Gasteiger charge is 2.19. The van der Waals surface area contributed by atoms with Crippen LogP contribution < -0.4 is 14.4 Å². The molecule has 4 aromatic rings. The number of rotatable bonds is 9. The molecular formula is C28H32N6O3. The molecule has 0 spiro atoms. The molecule has 0 radical (unpaired) electrons. The third-order valence-electron chi connectivity index (χ3n) is 6.72. The lowest BCUT2D eigenvalue weighted by molar-refractivity contribution is -0.133. The zero-order chi connectivity index (χ0) is 25.8. The van der Waals surface area contributed by atoms with Gasteiger partial charge in [0.2, 0.25) is 5.91 Å². The van der Waals surface area contributed by atoms with Gasteiger partial charge in [-0.3, -0.25) is 14.5 Å². The van der Waals surface area contributed by atoms with Crippen LogP contribution in [0.5, 0.6) is 11.5 Å². The standard InChI is InChI=1S/C28H32N6O3/c1-32-19-20(17-30-32)27-18-29-25-9-8-21(15-26(25)31-27)34(12-6-11-33-10-5-4-7-28(33)35)22-13-23(36-2)16-24(14-22)37-3/h8-9,13-19H,4-7,10-12H2,1-3H3. The number of hydrogen-bond acceptors (Lipinski definition) is 7. The summed E-state index contributed by atoms with van der Waals surface area (Å²) in [5.41, 5.74) is 5.23. The first-order chi connectivity index (χ1) is 18.0. The maximum absolute atomic E-state index is 12.3. The van der Waals surface area contributed by atoms with Crippen molar-refractivity contribution in [3.05, 3.63) is 55.0 Å². The van der Waals surface area contributed by atoms with Crippen molar-refractivity contribution in [2.24, 2.45) is 7.05 Å². The number of anilines is 2. The van der Waals surface area contributed by atoms with E-state index in [1.54, 1.807) is 31.3 Å². The summed E-state index contributed by atoms with van der Waals surface area (Å²) in [6.07, 6.45) is 9.03. The van der Waals surface area contributed by atoms with Crippen LogP contribution in [0.1, 0.15) is 25.7 Å². The molecule has 0 bridgehead atoms. The van der Waals surface area contributed by atoms with E-state index in [9.17, 15) is 4.79 Å². The van der Waals surface area contributed by atoms with E-state index in [-0.39, 0.29) is 5.91 Å². The van der Waals surface area contributed by atoms with Gasteiger partial charge in [0.05, 0.1) is 43.3 Å². The Hall–Kier alpha value is -4.14. The van der Waals surface area contributed by atoms with Crippen molar-refractivity contribution in [1.82, 2.24) is 24.6 Å². The number of carbonyl (C=O) groups is 1. The zero-order valence-electron chi connectivity index (χ0n) is 21.6.